The Hall–Kier alpha value is -1.10. The maximum Gasteiger partial charge on any atom is 0.234 e. The molecule has 5 heteroatoms. The van der Waals surface area contributed by atoms with Gasteiger partial charge in [0.15, 0.2) is 0 Å². The fourth-order valence-corrected chi connectivity index (χ4v) is 2.08. The van der Waals surface area contributed by atoms with E-state index in [2.05, 4.69) is 5.32 Å². The van der Waals surface area contributed by atoms with Crippen molar-refractivity contribution in [2.45, 2.75) is 26.0 Å². The predicted molar refractivity (Wildman–Crippen MR) is 77.2 cm³/mol. The number of hydrogen-bond donors (Lipinski definition) is 2. The summed E-state index contributed by atoms with van der Waals surface area (Å²) >= 11 is 6.02. The van der Waals surface area contributed by atoms with Gasteiger partial charge in [0.05, 0.1) is 12.6 Å². The molecular weight excluding hydrogens is 264 g/mol. The summed E-state index contributed by atoms with van der Waals surface area (Å²) in [6.45, 7) is 4.43. The highest BCUT2D eigenvalue weighted by Gasteiger charge is 2.15. The van der Waals surface area contributed by atoms with E-state index in [1.165, 1.54) is 0 Å². The average molecular weight is 285 g/mol. The van der Waals surface area contributed by atoms with E-state index < -0.39 is 6.10 Å². The summed E-state index contributed by atoms with van der Waals surface area (Å²) in [5, 5.41) is 13.5. The molecule has 0 saturated heterocycles. The Bertz CT molecular complexity index is 424. The van der Waals surface area contributed by atoms with Crippen molar-refractivity contribution in [3.05, 3.63) is 34.9 Å². The zero-order chi connectivity index (χ0) is 14.4. The van der Waals surface area contributed by atoms with Gasteiger partial charge < -0.3 is 10.4 Å². The lowest BCUT2D eigenvalue weighted by molar-refractivity contribution is -0.122. The number of hydrogen-bond acceptors (Lipinski definition) is 3. The molecule has 0 fully saturated rings. The van der Waals surface area contributed by atoms with Gasteiger partial charge >= 0.3 is 0 Å². The molecule has 0 saturated carbocycles. The van der Waals surface area contributed by atoms with Crippen LogP contribution >= 0.6 is 11.6 Å². The summed E-state index contributed by atoms with van der Waals surface area (Å²) in [5.74, 6) is -0.0520. The third kappa shape index (κ3) is 5.59. The van der Waals surface area contributed by atoms with Crippen LogP contribution in [-0.4, -0.2) is 42.1 Å². The first-order chi connectivity index (χ1) is 8.90. The van der Waals surface area contributed by atoms with Crippen LogP contribution < -0.4 is 5.32 Å². The summed E-state index contributed by atoms with van der Waals surface area (Å²) in [5.41, 5.74) is 0.681. The van der Waals surface area contributed by atoms with Gasteiger partial charge in [-0.3, -0.25) is 9.69 Å². The first kappa shape index (κ1) is 16.0. The third-order valence-electron chi connectivity index (χ3n) is 2.61. The zero-order valence-corrected chi connectivity index (χ0v) is 12.3. The van der Waals surface area contributed by atoms with Crippen molar-refractivity contribution in [3.63, 3.8) is 0 Å². The number of aliphatic hydroxyl groups excluding tert-OH is 1. The molecule has 0 aromatic heterocycles. The number of likely N-dealkylation sites (N-methyl/N-ethyl adjacent to an activating group) is 1. The summed E-state index contributed by atoms with van der Waals surface area (Å²) in [6.07, 6.45) is -0.703. The molecule has 4 nitrogen and oxygen atoms in total. The molecule has 0 heterocycles. The van der Waals surface area contributed by atoms with E-state index in [1.54, 1.807) is 24.1 Å². The van der Waals surface area contributed by atoms with Crippen molar-refractivity contribution in [2.75, 3.05) is 20.1 Å². The van der Waals surface area contributed by atoms with Crippen LogP contribution in [0.4, 0.5) is 0 Å². The predicted octanol–water partition coefficient (Wildman–Crippen LogP) is 1.83. The minimum absolute atomic E-state index is 0.0520. The molecule has 0 aliphatic carbocycles. The number of aliphatic hydroxyl groups is 1. The fraction of sp³-hybridized carbons (Fsp3) is 0.500. The van der Waals surface area contributed by atoms with Crippen LogP contribution in [0.15, 0.2) is 24.3 Å². The highest BCUT2D eigenvalue weighted by molar-refractivity contribution is 6.31. The molecule has 106 valence electrons. The van der Waals surface area contributed by atoms with Crippen molar-refractivity contribution >= 4 is 17.5 Å². The van der Waals surface area contributed by atoms with Crippen LogP contribution in [0.1, 0.15) is 25.5 Å². The second-order valence-corrected chi connectivity index (χ2v) is 5.36. The van der Waals surface area contributed by atoms with E-state index in [9.17, 15) is 9.90 Å². The maximum absolute atomic E-state index is 11.6. The number of amides is 1. The molecule has 0 spiro atoms. The molecule has 0 aliphatic rings. The fourth-order valence-electron chi connectivity index (χ4n) is 1.82. The zero-order valence-electron chi connectivity index (χ0n) is 11.6. The summed E-state index contributed by atoms with van der Waals surface area (Å²) < 4.78 is 0. The molecule has 19 heavy (non-hydrogen) atoms. The van der Waals surface area contributed by atoms with Gasteiger partial charge in [-0.1, -0.05) is 29.8 Å². The minimum atomic E-state index is -0.703. The third-order valence-corrected chi connectivity index (χ3v) is 2.96. The molecule has 2 N–H and O–H groups in total. The van der Waals surface area contributed by atoms with E-state index in [-0.39, 0.29) is 18.5 Å². The van der Waals surface area contributed by atoms with E-state index >= 15 is 0 Å². The lowest BCUT2D eigenvalue weighted by Crippen LogP contribution is -2.39. The first-order valence-corrected chi connectivity index (χ1v) is 6.68. The summed E-state index contributed by atoms with van der Waals surface area (Å²) in [7, 11) is 1.79. The number of nitrogens with zero attached hydrogens (tertiary/aromatic N) is 1. The lowest BCUT2D eigenvalue weighted by Gasteiger charge is -2.21. The van der Waals surface area contributed by atoms with Crippen LogP contribution in [0.3, 0.4) is 0 Å². The van der Waals surface area contributed by atoms with Gasteiger partial charge in [-0.25, -0.2) is 0 Å². The van der Waals surface area contributed by atoms with Crippen molar-refractivity contribution in [1.82, 2.24) is 10.2 Å². The van der Waals surface area contributed by atoms with Crippen LogP contribution in [0.25, 0.3) is 0 Å². The van der Waals surface area contributed by atoms with E-state index in [1.807, 2.05) is 26.0 Å². The molecule has 0 radical (unpaired) electrons. The van der Waals surface area contributed by atoms with Gasteiger partial charge in [0.2, 0.25) is 5.91 Å². The number of carbonyl (C=O) groups is 1. The quantitative estimate of drug-likeness (QED) is 0.838. The van der Waals surface area contributed by atoms with Crippen molar-refractivity contribution in [2.24, 2.45) is 0 Å². The largest absolute Gasteiger partial charge is 0.387 e. The number of benzene rings is 1. The summed E-state index contributed by atoms with van der Waals surface area (Å²) in [4.78, 5) is 13.4. The van der Waals surface area contributed by atoms with Gasteiger partial charge in [0, 0.05) is 23.2 Å². The van der Waals surface area contributed by atoms with Crippen molar-refractivity contribution < 1.29 is 9.90 Å². The molecule has 1 aromatic carbocycles. The van der Waals surface area contributed by atoms with Crippen molar-refractivity contribution in [1.29, 1.82) is 0 Å². The number of halogens is 1. The van der Waals surface area contributed by atoms with Gasteiger partial charge in [0.1, 0.15) is 0 Å². The van der Waals surface area contributed by atoms with Crippen LogP contribution in [0, 0.1) is 0 Å². The van der Waals surface area contributed by atoms with Crippen molar-refractivity contribution in [3.8, 4) is 0 Å². The first-order valence-electron chi connectivity index (χ1n) is 6.30. The average Bonchev–Trinajstić information content (AvgIpc) is 2.27. The number of nitrogens with one attached hydrogen (secondary N) is 1. The molecule has 1 rings (SSSR count). The standard InChI is InChI=1S/C14H21ClN2O2/c1-10(2)16-14(19)9-17(3)8-13(18)11-6-4-5-7-12(11)15/h4-7,10,13,18H,8-9H2,1-3H3,(H,16,19). The number of rotatable bonds is 6. The molecule has 1 unspecified atom stereocenters. The highest BCUT2D eigenvalue weighted by atomic mass is 35.5. The maximum atomic E-state index is 11.6. The number of carbonyl (C=O) groups excluding carboxylic acids is 1. The smallest absolute Gasteiger partial charge is 0.234 e. The van der Waals surface area contributed by atoms with Gasteiger partial charge in [0.25, 0.3) is 0 Å². The molecule has 0 bridgehead atoms. The molecule has 1 atom stereocenters. The topological polar surface area (TPSA) is 52.6 Å². The Balaban J connectivity index is 2.50. The Labute approximate surface area is 119 Å². The molecule has 1 aromatic rings. The second kappa shape index (κ2) is 7.48. The lowest BCUT2D eigenvalue weighted by atomic mass is 10.1. The Morgan fingerprint density at radius 1 is 1.42 bits per heavy atom. The van der Waals surface area contributed by atoms with E-state index in [0.717, 1.165) is 0 Å². The normalized spacial score (nSPS) is 12.8. The SMILES string of the molecule is CC(C)NC(=O)CN(C)CC(O)c1ccccc1Cl. The highest BCUT2D eigenvalue weighted by Crippen LogP contribution is 2.22. The van der Waals surface area contributed by atoms with Crippen LogP contribution in [0.5, 0.6) is 0 Å². The van der Waals surface area contributed by atoms with Crippen LogP contribution in [-0.2, 0) is 4.79 Å². The van der Waals surface area contributed by atoms with Crippen LogP contribution in [0.2, 0.25) is 5.02 Å². The van der Waals surface area contributed by atoms with E-state index in [4.69, 9.17) is 11.6 Å². The minimum Gasteiger partial charge on any atom is -0.387 e. The van der Waals surface area contributed by atoms with Gasteiger partial charge in [-0.15, -0.1) is 0 Å². The summed E-state index contributed by atoms with van der Waals surface area (Å²) in [6, 6.07) is 7.30. The Morgan fingerprint density at radius 3 is 2.63 bits per heavy atom. The van der Waals surface area contributed by atoms with Gasteiger partial charge in [-0.05, 0) is 27.0 Å². The second-order valence-electron chi connectivity index (χ2n) is 4.96. The van der Waals surface area contributed by atoms with E-state index in [0.29, 0.717) is 17.1 Å². The monoisotopic (exact) mass is 284 g/mol. The Morgan fingerprint density at radius 2 is 2.05 bits per heavy atom. The van der Waals surface area contributed by atoms with Gasteiger partial charge in [-0.2, -0.15) is 0 Å². The molecule has 0 aliphatic heterocycles. The molecule has 1 amide bonds. The Kier molecular flexibility index (Phi) is 6.28. The molecular formula is C14H21ClN2O2.